The van der Waals surface area contributed by atoms with Crippen molar-refractivity contribution in [2.24, 2.45) is 0 Å². The van der Waals surface area contributed by atoms with Gasteiger partial charge in [0.25, 0.3) is 0 Å². The minimum atomic E-state index is -0.324. The van der Waals surface area contributed by atoms with Crippen molar-refractivity contribution < 1.29 is 14.3 Å². The van der Waals surface area contributed by atoms with Gasteiger partial charge in [-0.1, -0.05) is 37.3 Å². The number of nitrogens with one attached hydrogen (secondary N) is 1. The molecule has 4 nitrogen and oxygen atoms in total. The van der Waals surface area contributed by atoms with Crippen molar-refractivity contribution >= 4 is 28.2 Å². The fourth-order valence-electron chi connectivity index (χ4n) is 3.53. The molecule has 1 N–H and O–H groups in total. The zero-order valence-electron chi connectivity index (χ0n) is 15.3. The third-order valence-electron chi connectivity index (χ3n) is 4.81. The summed E-state index contributed by atoms with van der Waals surface area (Å²) in [5.74, 6) is -0.622. The first kappa shape index (κ1) is 18.6. The maximum Gasteiger partial charge on any atom is 0.341 e. The molecule has 5 heteroatoms. The largest absolute Gasteiger partial charge is 0.462 e. The van der Waals surface area contributed by atoms with E-state index in [1.54, 1.807) is 6.92 Å². The molecule has 138 valence electrons. The quantitative estimate of drug-likeness (QED) is 0.732. The van der Waals surface area contributed by atoms with Gasteiger partial charge in [0.15, 0.2) is 0 Å². The Morgan fingerprint density at radius 3 is 2.58 bits per heavy atom. The van der Waals surface area contributed by atoms with Gasteiger partial charge in [-0.15, -0.1) is 11.3 Å². The summed E-state index contributed by atoms with van der Waals surface area (Å²) in [7, 11) is 0. The molecule has 2 aromatic rings. The summed E-state index contributed by atoms with van der Waals surface area (Å²) in [5, 5.41) is 3.68. The second-order valence-electron chi connectivity index (χ2n) is 6.50. The highest BCUT2D eigenvalue weighted by Crippen LogP contribution is 2.39. The van der Waals surface area contributed by atoms with Gasteiger partial charge in [-0.05, 0) is 50.2 Å². The smallest absolute Gasteiger partial charge is 0.341 e. The molecule has 0 fully saturated rings. The number of benzene rings is 1. The van der Waals surface area contributed by atoms with Crippen LogP contribution in [-0.2, 0) is 22.4 Å². The van der Waals surface area contributed by atoms with Crippen LogP contribution in [0.15, 0.2) is 30.3 Å². The van der Waals surface area contributed by atoms with Gasteiger partial charge in [0, 0.05) is 4.88 Å². The topological polar surface area (TPSA) is 55.4 Å². The lowest BCUT2D eigenvalue weighted by atomic mass is 9.94. The molecule has 1 aromatic carbocycles. The first-order chi connectivity index (χ1) is 12.7. The number of carbonyl (C=O) groups is 2. The van der Waals surface area contributed by atoms with Gasteiger partial charge in [0.1, 0.15) is 5.00 Å². The normalized spacial score (nSPS) is 14.4. The van der Waals surface area contributed by atoms with Crippen molar-refractivity contribution in [3.63, 3.8) is 0 Å². The molecule has 1 amide bonds. The number of amides is 1. The van der Waals surface area contributed by atoms with Crippen LogP contribution in [0, 0.1) is 0 Å². The number of fused-ring (bicyclic) bond motifs is 1. The summed E-state index contributed by atoms with van der Waals surface area (Å²) in [5.41, 5.74) is 2.64. The Morgan fingerprint density at radius 1 is 1.15 bits per heavy atom. The van der Waals surface area contributed by atoms with Crippen LogP contribution in [0.25, 0.3) is 0 Å². The zero-order chi connectivity index (χ0) is 18.5. The SMILES string of the molecule is CCOC(=O)c1c(NC(=O)C(CC)c2ccccc2)sc2c1CCCC2. The van der Waals surface area contributed by atoms with Crippen LogP contribution in [0.5, 0.6) is 0 Å². The molecule has 26 heavy (non-hydrogen) atoms. The molecular formula is C21H25NO3S. The average Bonchev–Trinajstić information content (AvgIpc) is 3.01. The average molecular weight is 372 g/mol. The molecule has 1 aromatic heterocycles. The Balaban J connectivity index is 1.90. The van der Waals surface area contributed by atoms with E-state index in [4.69, 9.17) is 4.74 Å². The van der Waals surface area contributed by atoms with Crippen molar-refractivity contribution in [1.82, 2.24) is 0 Å². The Bertz CT molecular complexity index is 782. The van der Waals surface area contributed by atoms with Crippen molar-refractivity contribution in [3.8, 4) is 0 Å². The van der Waals surface area contributed by atoms with Crippen LogP contribution in [-0.4, -0.2) is 18.5 Å². The fraction of sp³-hybridized carbons (Fsp3) is 0.429. The van der Waals surface area contributed by atoms with Crippen molar-refractivity contribution in [2.75, 3.05) is 11.9 Å². The molecule has 0 aliphatic heterocycles. The highest BCUT2D eigenvalue weighted by molar-refractivity contribution is 7.17. The van der Waals surface area contributed by atoms with E-state index < -0.39 is 0 Å². The van der Waals surface area contributed by atoms with Crippen LogP contribution < -0.4 is 5.32 Å². The Morgan fingerprint density at radius 2 is 1.88 bits per heavy atom. The first-order valence-electron chi connectivity index (χ1n) is 9.33. The number of carbonyl (C=O) groups excluding carboxylic acids is 2. The molecule has 1 aliphatic rings. The molecule has 0 saturated heterocycles. The number of thiophene rings is 1. The molecule has 1 heterocycles. The number of esters is 1. The van der Waals surface area contributed by atoms with E-state index in [1.165, 1.54) is 16.2 Å². The number of hydrogen-bond acceptors (Lipinski definition) is 4. The number of hydrogen-bond donors (Lipinski definition) is 1. The monoisotopic (exact) mass is 371 g/mol. The standard InChI is InChI=1S/C21H25NO3S/c1-3-15(14-10-6-5-7-11-14)19(23)22-20-18(21(24)25-4-2)16-12-8-9-13-17(16)26-20/h5-7,10-11,15H,3-4,8-9,12-13H2,1-2H3,(H,22,23). The third-order valence-corrected chi connectivity index (χ3v) is 6.02. The lowest BCUT2D eigenvalue weighted by molar-refractivity contribution is -0.117. The van der Waals surface area contributed by atoms with Gasteiger partial charge in [-0.3, -0.25) is 4.79 Å². The maximum absolute atomic E-state index is 12.9. The van der Waals surface area contributed by atoms with E-state index in [2.05, 4.69) is 5.32 Å². The van der Waals surface area contributed by atoms with E-state index in [9.17, 15) is 9.59 Å². The van der Waals surface area contributed by atoms with Crippen LogP contribution >= 0.6 is 11.3 Å². The Labute approximate surface area is 158 Å². The zero-order valence-corrected chi connectivity index (χ0v) is 16.2. The molecule has 0 saturated carbocycles. The van der Waals surface area contributed by atoms with Crippen LogP contribution in [0.2, 0.25) is 0 Å². The predicted octanol–water partition coefficient (Wildman–Crippen LogP) is 4.94. The van der Waals surface area contributed by atoms with Crippen LogP contribution in [0.3, 0.4) is 0 Å². The van der Waals surface area contributed by atoms with Crippen molar-refractivity contribution in [1.29, 1.82) is 0 Å². The summed E-state index contributed by atoms with van der Waals surface area (Å²) >= 11 is 1.53. The van der Waals surface area contributed by atoms with Gasteiger partial charge >= 0.3 is 5.97 Å². The van der Waals surface area contributed by atoms with Crippen molar-refractivity contribution in [3.05, 3.63) is 51.9 Å². The summed E-state index contributed by atoms with van der Waals surface area (Å²) < 4.78 is 5.26. The lowest BCUT2D eigenvalue weighted by Gasteiger charge is -2.16. The molecule has 0 bridgehead atoms. The molecule has 0 spiro atoms. The molecule has 1 unspecified atom stereocenters. The van der Waals surface area contributed by atoms with Gasteiger partial charge in [0.05, 0.1) is 18.1 Å². The number of rotatable bonds is 6. The highest BCUT2D eigenvalue weighted by Gasteiger charge is 2.28. The van der Waals surface area contributed by atoms with Gasteiger partial charge in [-0.2, -0.15) is 0 Å². The molecule has 1 atom stereocenters. The third kappa shape index (κ3) is 3.83. The summed E-state index contributed by atoms with van der Waals surface area (Å²) in [4.78, 5) is 26.7. The lowest BCUT2D eigenvalue weighted by Crippen LogP contribution is -2.21. The summed E-state index contributed by atoms with van der Waals surface area (Å²) in [6.45, 7) is 4.14. The van der Waals surface area contributed by atoms with Crippen LogP contribution in [0.4, 0.5) is 5.00 Å². The maximum atomic E-state index is 12.9. The predicted molar refractivity (Wildman–Crippen MR) is 105 cm³/mol. The summed E-state index contributed by atoms with van der Waals surface area (Å²) in [6, 6.07) is 9.78. The fourth-order valence-corrected chi connectivity index (χ4v) is 4.81. The highest BCUT2D eigenvalue weighted by atomic mass is 32.1. The second kappa shape index (κ2) is 8.49. The minimum Gasteiger partial charge on any atom is -0.462 e. The van der Waals surface area contributed by atoms with Crippen molar-refractivity contribution in [2.45, 2.75) is 51.9 Å². The molecular weight excluding hydrogens is 346 g/mol. The van der Waals surface area contributed by atoms with E-state index >= 15 is 0 Å². The van der Waals surface area contributed by atoms with E-state index in [0.29, 0.717) is 23.6 Å². The Kier molecular flexibility index (Phi) is 6.09. The van der Waals surface area contributed by atoms with E-state index in [-0.39, 0.29) is 17.8 Å². The number of anilines is 1. The number of ether oxygens (including phenoxy) is 1. The van der Waals surface area contributed by atoms with Gasteiger partial charge in [-0.25, -0.2) is 4.79 Å². The van der Waals surface area contributed by atoms with Crippen LogP contribution in [0.1, 0.15) is 65.4 Å². The van der Waals surface area contributed by atoms with E-state index in [0.717, 1.165) is 36.8 Å². The molecule has 0 radical (unpaired) electrons. The van der Waals surface area contributed by atoms with Gasteiger partial charge in [0.2, 0.25) is 5.91 Å². The van der Waals surface area contributed by atoms with Gasteiger partial charge < -0.3 is 10.1 Å². The summed E-state index contributed by atoms with van der Waals surface area (Å²) in [6.07, 6.45) is 4.76. The second-order valence-corrected chi connectivity index (χ2v) is 7.60. The minimum absolute atomic E-state index is 0.0668. The molecule has 1 aliphatic carbocycles. The van der Waals surface area contributed by atoms with E-state index in [1.807, 2.05) is 37.3 Å². The number of aryl methyl sites for hydroxylation is 1. The first-order valence-corrected chi connectivity index (χ1v) is 10.1. The molecule has 3 rings (SSSR count). The Hall–Kier alpha value is -2.14.